The van der Waals surface area contributed by atoms with Crippen molar-refractivity contribution >= 4 is 32.4 Å². The Morgan fingerprint density at radius 3 is 2.44 bits per heavy atom. The Morgan fingerprint density at radius 2 is 1.81 bits per heavy atom. The standard InChI is InChI=1S/C20H28ClN3O2S/c1-14-11-15(2)13-24(12-14)10-4-9-22-20-16(3)19(27(25,26)23-20)17-5-7-18(21)8-6-17/h5-8,14-15H,4,9-13H2,1-3H3,(H,22,23). The van der Waals surface area contributed by atoms with Crippen molar-refractivity contribution in [3.8, 4) is 0 Å². The monoisotopic (exact) mass is 409 g/mol. The van der Waals surface area contributed by atoms with Crippen molar-refractivity contribution < 1.29 is 8.42 Å². The second-order valence-electron chi connectivity index (χ2n) is 7.86. The fourth-order valence-electron chi connectivity index (χ4n) is 4.15. The molecular weight excluding hydrogens is 382 g/mol. The van der Waals surface area contributed by atoms with Gasteiger partial charge < -0.3 is 4.90 Å². The highest BCUT2D eigenvalue weighted by atomic mass is 35.5. The van der Waals surface area contributed by atoms with Gasteiger partial charge in [-0.2, -0.15) is 0 Å². The van der Waals surface area contributed by atoms with Gasteiger partial charge in [-0.25, -0.2) is 8.42 Å². The van der Waals surface area contributed by atoms with E-state index in [0.29, 0.717) is 28.5 Å². The number of hydrogen-bond acceptors (Lipinski definition) is 4. The molecule has 2 unspecified atom stereocenters. The first-order valence-electron chi connectivity index (χ1n) is 9.53. The maximum absolute atomic E-state index is 12.5. The summed E-state index contributed by atoms with van der Waals surface area (Å²) in [6.45, 7) is 10.3. The summed E-state index contributed by atoms with van der Waals surface area (Å²) in [7, 11) is -3.58. The topological polar surface area (TPSA) is 61.8 Å². The largest absolute Gasteiger partial charge is 0.303 e. The van der Waals surface area contributed by atoms with Gasteiger partial charge >= 0.3 is 0 Å². The van der Waals surface area contributed by atoms with Crippen molar-refractivity contribution in [2.75, 3.05) is 26.2 Å². The molecule has 148 valence electrons. The molecule has 2 aliphatic heterocycles. The second-order valence-corrected chi connectivity index (χ2v) is 9.91. The van der Waals surface area contributed by atoms with Crippen molar-refractivity contribution in [3.63, 3.8) is 0 Å². The van der Waals surface area contributed by atoms with Crippen LogP contribution < -0.4 is 4.72 Å². The number of nitrogens with zero attached hydrogens (tertiary/aromatic N) is 2. The van der Waals surface area contributed by atoms with Gasteiger partial charge in [-0.3, -0.25) is 9.71 Å². The van der Waals surface area contributed by atoms with Gasteiger partial charge in [0.2, 0.25) is 0 Å². The fourth-order valence-corrected chi connectivity index (χ4v) is 5.79. The van der Waals surface area contributed by atoms with Crippen LogP contribution in [0.2, 0.25) is 5.02 Å². The van der Waals surface area contributed by atoms with Crippen LogP contribution in [0, 0.1) is 11.8 Å². The Balaban J connectivity index is 1.65. The Kier molecular flexibility index (Phi) is 6.28. The second kappa shape index (κ2) is 8.33. The molecule has 2 atom stereocenters. The highest BCUT2D eigenvalue weighted by molar-refractivity contribution is 8.00. The molecule has 0 aliphatic carbocycles. The van der Waals surface area contributed by atoms with Gasteiger partial charge in [0, 0.05) is 30.2 Å². The molecule has 0 saturated carbocycles. The summed E-state index contributed by atoms with van der Waals surface area (Å²) < 4.78 is 27.7. The van der Waals surface area contributed by atoms with Crippen LogP contribution in [0.3, 0.4) is 0 Å². The van der Waals surface area contributed by atoms with Gasteiger partial charge in [0.25, 0.3) is 10.0 Å². The lowest BCUT2D eigenvalue weighted by atomic mass is 9.92. The summed E-state index contributed by atoms with van der Waals surface area (Å²) in [5.41, 5.74) is 1.29. The van der Waals surface area contributed by atoms with Crippen molar-refractivity contribution in [1.82, 2.24) is 9.62 Å². The first kappa shape index (κ1) is 20.4. The van der Waals surface area contributed by atoms with E-state index < -0.39 is 10.0 Å². The molecule has 3 rings (SSSR count). The fraction of sp³-hybridized carbons (Fsp3) is 0.550. The van der Waals surface area contributed by atoms with Crippen molar-refractivity contribution in [2.24, 2.45) is 16.8 Å². The van der Waals surface area contributed by atoms with Gasteiger partial charge in [0.05, 0.1) is 0 Å². The number of benzene rings is 1. The molecule has 2 heterocycles. The van der Waals surface area contributed by atoms with Crippen molar-refractivity contribution in [2.45, 2.75) is 33.6 Å². The van der Waals surface area contributed by atoms with Crippen molar-refractivity contribution in [3.05, 3.63) is 40.4 Å². The number of nitrogens with one attached hydrogen (secondary N) is 1. The van der Waals surface area contributed by atoms with Crippen LogP contribution in [0.15, 0.2) is 34.8 Å². The van der Waals surface area contributed by atoms with E-state index in [1.165, 1.54) is 6.42 Å². The normalized spacial score (nSPS) is 27.2. The summed E-state index contributed by atoms with van der Waals surface area (Å²) in [6, 6.07) is 6.84. The molecule has 2 aliphatic rings. The highest BCUT2D eigenvalue weighted by Crippen LogP contribution is 2.30. The maximum Gasteiger partial charge on any atom is 0.264 e. The number of amidine groups is 1. The molecule has 1 fully saturated rings. The zero-order valence-corrected chi connectivity index (χ0v) is 17.8. The van der Waals surface area contributed by atoms with Crippen LogP contribution >= 0.6 is 11.6 Å². The number of rotatable bonds is 5. The van der Waals surface area contributed by atoms with Gasteiger partial charge in [-0.15, -0.1) is 0 Å². The third kappa shape index (κ3) is 4.92. The van der Waals surface area contributed by atoms with E-state index in [2.05, 4.69) is 28.5 Å². The number of hydrogen-bond donors (Lipinski definition) is 1. The summed E-state index contributed by atoms with van der Waals surface area (Å²) in [5.74, 6) is 1.95. The molecule has 27 heavy (non-hydrogen) atoms. The highest BCUT2D eigenvalue weighted by Gasteiger charge is 2.32. The Labute approximate surface area is 167 Å². The molecule has 1 aromatic rings. The predicted octanol–water partition coefficient (Wildman–Crippen LogP) is 3.77. The number of piperidine rings is 1. The zero-order chi connectivity index (χ0) is 19.6. The molecule has 1 N–H and O–H groups in total. The molecule has 0 radical (unpaired) electrons. The number of likely N-dealkylation sites (tertiary alicyclic amines) is 1. The molecule has 5 nitrogen and oxygen atoms in total. The lowest BCUT2D eigenvalue weighted by Gasteiger charge is -2.34. The molecule has 0 spiro atoms. The molecule has 1 aromatic carbocycles. The lowest BCUT2D eigenvalue weighted by molar-refractivity contribution is 0.140. The van der Waals surface area contributed by atoms with Gasteiger partial charge in [0.15, 0.2) is 0 Å². The van der Waals surface area contributed by atoms with Crippen LogP contribution in [0.5, 0.6) is 0 Å². The smallest absolute Gasteiger partial charge is 0.264 e. The minimum atomic E-state index is -3.58. The Bertz CT molecular complexity index is 836. The minimum absolute atomic E-state index is 0.289. The van der Waals surface area contributed by atoms with E-state index in [4.69, 9.17) is 11.6 Å². The summed E-state index contributed by atoms with van der Waals surface area (Å²) >= 11 is 5.91. The summed E-state index contributed by atoms with van der Waals surface area (Å²) in [5, 5.41) is 0.579. The third-order valence-electron chi connectivity index (χ3n) is 5.15. The Hall–Kier alpha value is -1.37. The molecular formula is C20H28ClN3O2S. The van der Waals surface area contributed by atoms with Crippen LogP contribution in [0.25, 0.3) is 4.91 Å². The van der Waals surface area contributed by atoms with Gasteiger partial charge in [-0.05, 0) is 55.8 Å². The number of halogens is 1. The summed E-state index contributed by atoms with van der Waals surface area (Å²) in [4.78, 5) is 7.32. The summed E-state index contributed by atoms with van der Waals surface area (Å²) in [6.07, 6.45) is 2.23. The molecule has 0 amide bonds. The van der Waals surface area contributed by atoms with E-state index in [9.17, 15) is 8.42 Å². The van der Waals surface area contributed by atoms with E-state index in [1.54, 1.807) is 31.2 Å². The zero-order valence-electron chi connectivity index (χ0n) is 16.2. The van der Waals surface area contributed by atoms with E-state index >= 15 is 0 Å². The minimum Gasteiger partial charge on any atom is -0.303 e. The van der Waals surface area contributed by atoms with Crippen LogP contribution in [0.1, 0.15) is 39.2 Å². The van der Waals surface area contributed by atoms with E-state index in [-0.39, 0.29) is 4.91 Å². The molecule has 0 aromatic heterocycles. The average molecular weight is 410 g/mol. The first-order valence-corrected chi connectivity index (χ1v) is 11.4. The molecule has 1 saturated heterocycles. The quantitative estimate of drug-likeness (QED) is 0.753. The predicted molar refractivity (Wildman–Crippen MR) is 112 cm³/mol. The lowest BCUT2D eigenvalue weighted by Crippen LogP contribution is -2.39. The van der Waals surface area contributed by atoms with Crippen molar-refractivity contribution in [1.29, 1.82) is 0 Å². The molecule has 0 bridgehead atoms. The first-order chi connectivity index (χ1) is 12.8. The van der Waals surface area contributed by atoms with Crippen LogP contribution in [-0.2, 0) is 10.0 Å². The van der Waals surface area contributed by atoms with Gasteiger partial charge in [-0.1, -0.05) is 37.6 Å². The van der Waals surface area contributed by atoms with E-state index in [1.807, 2.05) is 0 Å². The Morgan fingerprint density at radius 1 is 1.19 bits per heavy atom. The van der Waals surface area contributed by atoms with Crippen LogP contribution in [0.4, 0.5) is 0 Å². The average Bonchev–Trinajstić information content (AvgIpc) is 2.81. The van der Waals surface area contributed by atoms with Crippen LogP contribution in [-0.4, -0.2) is 45.3 Å². The number of sulfonamides is 1. The third-order valence-corrected chi connectivity index (χ3v) is 6.94. The maximum atomic E-state index is 12.5. The number of aliphatic imine (C=N–C) groups is 1. The molecule has 7 heteroatoms. The van der Waals surface area contributed by atoms with Gasteiger partial charge in [0.1, 0.15) is 10.7 Å². The SMILES string of the molecule is CC1=C(c2ccc(Cl)cc2)S(=O)(=O)NC1=NCCCN1CC(C)CC(C)C1. The van der Waals surface area contributed by atoms with E-state index in [0.717, 1.165) is 37.9 Å².